The van der Waals surface area contributed by atoms with Crippen molar-refractivity contribution in [1.29, 1.82) is 0 Å². The smallest absolute Gasteiger partial charge is 0.338 e. The molecule has 2 heterocycles. The molecule has 2 aliphatic rings. The molecule has 0 bridgehead atoms. The van der Waals surface area contributed by atoms with E-state index < -0.39 is 18.0 Å². The van der Waals surface area contributed by atoms with Crippen LogP contribution in [0.15, 0.2) is 35.5 Å². The van der Waals surface area contributed by atoms with E-state index in [4.69, 9.17) is 15.2 Å². The number of nitrogens with zero attached hydrogens (tertiary/aromatic N) is 1. The zero-order valence-electron chi connectivity index (χ0n) is 18.0. The fourth-order valence-electron chi connectivity index (χ4n) is 4.03. The lowest BCUT2D eigenvalue weighted by Crippen LogP contribution is -2.49. The molecule has 1 saturated heterocycles. The number of benzene rings is 1. The first-order chi connectivity index (χ1) is 14.9. The Bertz CT molecular complexity index is 861. The summed E-state index contributed by atoms with van der Waals surface area (Å²) >= 11 is 0. The van der Waals surface area contributed by atoms with Crippen LogP contribution in [0.5, 0.6) is 5.75 Å². The van der Waals surface area contributed by atoms with Gasteiger partial charge in [0.15, 0.2) is 0 Å². The molecule has 1 aromatic rings. The highest BCUT2D eigenvalue weighted by Crippen LogP contribution is 2.34. The maximum absolute atomic E-state index is 13.0. The first-order valence-corrected chi connectivity index (χ1v) is 10.7. The lowest BCUT2D eigenvalue weighted by molar-refractivity contribution is -0.139. The van der Waals surface area contributed by atoms with Gasteiger partial charge in [0, 0.05) is 23.7 Å². The number of nitrogens with two attached hydrogens (primary N) is 1. The summed E-state index contributed by atoms with van der Waals surface area (Å²) in [4.78, 5) is 39.0. The molecule has 1 fully saturated rings. The van der Waals surface area contributed by atoms with Crippen LogP contribution in [0.1, 0.15) is 38.3 Å². The second kappa shape index (κ2) is 10.3. The number of carbonyl (C=O) groups is 3. The monoisotopic (exact) mass is 430 g/mol. The largest absolute Gasteiger partial charge is 0.494 e. The third kappa shape index (κ3) is 5.35. The van der Waals surface area contributed by atoms with Crippen LogP contribution in [0.4, 0.5) is 4.79 Å². The number of ether oxygens (including phenoxy) is 2. The molecule has 1 aromatic carbocycles. The van der Waals surface area contributed by atoms with Gasteiger partial charge in [0.05, 0.1) is 24.8 Å². The number of amides is 3. The van der Waals surface area contributed by atoms with Crippen LogP contribution in [-0.4, -0.2) is 55.7 Å². The van der Waals surface area contributed by atoms with Gasteiger partial charge in [-0.3, -0.25) is 9.69 Å². The van der Waals surface area contributed by atoms with Gasteiger partial charge in [-0.25, -0.2) is 9.59 Å². The molecule has 4 N–H and O–H groups in total. The van der Waals surface area contributed by atoms with E-state index >= 15 is 0 Å². The summed E-state index contributed by atoms with van der Waals surface area (Å²) in [5.74, 6) is -0.314. The van der Waals surface area contributed by atoms with Crippen LogP contribution < -0.4 is 21.1 Å². The van der Waals surface area contributed by atoms with E-state index in [1.54, 1.807) is 6.92 Å². The third-order valence-electron chi connectivity index (χ3n) is 5.55. The number of hydrogen-bond donors (Lipinski definition) is 3. The van der Waals surface area contributed by atoms with Crippen molar-refractivity contribution in [2.75, 3.05) is 32.8 Å². The van der Waals surface area contributed by atoms with Gasteiger partial charge in [-0.05, 0) is 45.8 Å². The minimum atomic E-state index is -0.700. The van der Waals surface area contributed by atoms with Crippen molar-refractivity contribution in [2.45, 2.75) is 32.7 Å². The Labute approximate surface area is 181 Å². The molecule has 2 aliphatic heterocycles. The van der Waals surface area contributed by atoms with Crippen LogP contribution in [0.25, 0.3) is 0 Å². The summed E-state index contributed by atoms with van der Waals surface area (Å²) in [6.45, 7) is 5.95. The molecular formula is C22H30N4O5. The van der Waals surface area contributed by atoms with E-state index in [9.17, 15) is 14.4 Å². The van der Waals surface area contributed by atoms with Crippen molar-refractivity contribution in [2.24, 2.45) is 11.7 Å². The molecule has 0 aromatic heterocycles. The zero-order chi connectivity index (χ0) is 22.4. The fraction of sp³-hybridized carbons (Fsp3) is 0.500. The quantitative estimate of drug-likeness (QED) is 0.537. The molecule has 31 heavy (non-hydrogen) atoms. The Kier molecular flexibility index (Phi) is 7.51. The molecule has 3 amide bonds. The number of nitrogens with one attached hydrogen (secondary N) is 2. The fourth-order valence-corrected chi connectivity index (χ4v) is 4.03. The van der Waals surface area contributed by atoms with Crippen LogP contribution in [0.2, 0.25) is 0 Å². The van der Waals surface area contributed by atoms with Crippen LogP contribution in [0, 0.1) is 5.92 Å². The summed E-state index contributed by atoms with van der Waals surface area (Å²) in [6, 6.07) is 6.22. The van der Waals surface area contributed by atoms with Gasteiger partial charge in [-0.1, -0.05) is 18.2 Å². The predicted octanol–water partition coefficient (Wildman–Crippen LogP) is 1.45. The summed E-state index contributed by atoms with van der Waals surface area (Å²) in [7, 11) is 0. The Morgan fingerprint density at radius 1 is 1.16 bits per heavy atom. The Hall–Kier alpha value is -3.07. The highest BCUT2D eigenvalue weighted by atomic mass is 16.5. The van der Waals surface area contributed by atoms with Crippen molar-refractivity contribution in [1.82, 2.24) is 15.5 Å². The van der Waals surface area contributed by atoms with Crippen LogP contribution in [0.3, 0.4) is 0 Å². The third-order valence-corrected chi connectivity index (χ3v) is 5.55. The van der Waals surface area contributed by atoms with E-state index in [-0.39, 0.29) is 18.4 Å². The normalized spacial score (nSPS) is 20.1. The molecule has 0 unspecified atom stereocenters. The first kappa shape index (κ1) is 22.6. The van der Waals surface area contributed by atoms with E-state index in [0.29, 0.717) is 61.7 Å². The Balaban J connectivity index is 1.94. The molecule has 3 rings (SSSR count). The van der Waals surface area contributed by atoms with E-state index in [0.717, 1.165) is 0 Å². The summed E-state index contributed by atoms with van der Waals surface area (Å²) in [5.41, 5.74) is 6.96. The lowest BCUT2D eigenvalue weighted by Gasteiger charge is -2.35. The summed E-state index contributed by atoms with van der Waals surface area (Å²) < 4.78 is 11.1. The molecule has 0 spiro atoms. The minimum Gasteiger partial charge on any atom is -0.494 e. The summed E-state index contributed by atoms with van der Waals surface area (Å²) in [5, 5.41) is 5.63. The predicted molar refractivity (Wildman–Crippen MR) is 114 cm³/mol. The van der Waals surface area contributed by atoms with Crippen LogP contribution >= 0.6 is 0 Å². The van der Waals surface area contributed by atoms with Gasteiger partial charge in [0.25, 0.3) is 0 Å². The molecule has 9 heteroatoms. The average Bonchev–Trinajstić information content (AvgIpc) is 2.74. The number of esters is 1. The number of primary amides is 1. The highest BCUT2D eigenvalue weighted by Gasteiger charge is 2.36. The second-order valence-corrected chi connectivity index (χ2v) is 7.57. The molecule has 0 saturated carbocycles. The average molecular weight is 431 g/mol. The van der Waals surface area contributed by atoms with Gasteiger partial charge in [-0.15, -0.1) is 0 Å². The molecular weight excluding hydrogens is 400 g/mol. The maximum Gasteiger partial charge on any atom is 0.338 e. The molecule has 1 atom stereocenters. The molecule has 0 radical (unpaired) electrons. The Morgan fingerprint density at radius 3 is 2.52 bits per heavy atom. The van der Waals surface area contributed by atoms with E-state index in [1.165, 1.54) is 0 Å². The zero-order valence-corrected chi connectivity index (χ0v) is 18.0. The number of carbonyl (C=O) groups excluding carboxylic acids is 3. The number of hydrogen-bond acceptors (Lipinski definition) is 6. The van der Waals surface area contributed by atoms with Gasteiger partial charge in [0.1, 0.15) is 5.75 Å². The number of piperidine rings is 1. The maximum atomic E-state index is 13.0. The van der Waals surface area contributed by atoms with E-state index in [2.05, 4.69) is 15.5 Å². The molecule has 9 nitrogen and oxygen atoms in total. The summed E-state index contributed by atoms with van der Waals surface area (Å²) in [6.07, 6.45) is 1.31. The number of para-hydroxylation sites is 1. The lowest BCUT2D eigenvalue weighted by atomic mass is 9.93. The van der Waals surface area contributed by atoms with Crippen molar-refractivity contribution < 1.29 is 23.9 Å². The van der Waals surface area contributed by atoms with E-state index in [1.807, 2.05) is 31.2 Å². The number of likely N-dealkylation sites (tertiary alicyclic amines) is 1. The van der Waals surface area contributed by atoms with Gasteiger partial charge in [0.2, 0.25) is 5.91 Å². The topological polar surface area (TPSA) is 123 Å². The number of urea groups is 1. The van der Waals surface area contributed by atoms with Crippen molar-refractivity contribution in [3.05, 3.63) is 41.1 Å². The highest BCUT2D eigenvalue weighted by molar-refractivity contribution is 5.95. The molecule has 0 aliphatic carbocycles. The first-order valence-electron chi connectivity index (χ1n) is 10.7. The van der Waals surface area contributed by atoms with Gasteiger partial charge in [-0.2, -0.15) is 0 Å². The van der Waals surface area contributed by atoms with Gasteiger partial charge >= 0.3 is 12.0 Å². The van der Waals surface area contributed by atoms with Crippen molar-refractivity contribution >= 4 is 17.9 Å². The second-order valence-electron chi connectivity index (χ2n) is 7.57. The number of rotatable bonds is 8. The van der Waals surface area contributed by atoms with Crippen LogP contribution in [-0.2, 0) is 14.3 Å². The Morgan fingerprint density at radius 2 is 1.87 bits per heavy atom. The standard InChI is InChI=1S/C22H30N4O5/c1-3-30-17-8-6-5-7-15(17)19-18(21(28)31-4-2)16(24-22(29)25-19)13-26-11-9-14(10-12-26)20(23)27/h5-8,14,19H,3-4,9-13H2,1-2H3,(H2,23,27)(H2,24,25,29)/t19-/m1/s1. The van der Waals surface area contributed by atoms with Gasteiger partial charge < -0.3 is 25.8 Å². The molecule has 168 valence electrons. The SMILES string of the molecule is CCOC(=O)C1=C(CN2CCC(C(N)=O)CC2)NC(=O)N[C@@H]1c1ccccc1OCC. The van der Waals surface area contributed by atoms with Crippen molar-refractivity contribution in [3.63, 3.8) is 0 Å². The minimum absolute atomic E-state index is 0.136. The van der Waals surface area contributed by atoms with Crippen molar-refractivity contribution in [3.8, 4) is 5.75 Å².